The van der Waals surface area contributed by atoms with Crippen molar-refractivity contribution in [2.24, 2.45) is 11.8 Å². The van der Waals surface area contributed by atoms with E-state index in [4.69, 9.17) is 0 Å². The number of rotatable bonds is 4. The van der Waals surface area contributed by atoms with Crippen LogP contribution in [0.1, 0.15) is 25.3 Å². The normalized spacial score (nSPS) is 23.9. The third kappa shape index (κ3) is 3.10. The van der Waals surface area contributed by atoms with Gasteiger partial charge in [-0.3, -0.25) is 4.79 Å². The van der Waals surface area contributed by atoms with E-state index in [-0.39, 0.29) is 17.8 Å². The number of amides is 1. The van der Waals surface area contributed by atoms with E-state index in [1.54, 1.807) is 0 Å². The molecule has 3 rings (SSSR count). The van der Waals surface area contributed by atoms with Gasteiger partial charge >= 0.3 is 0 Å². The van der Waals surface area contributed by atoms with Gasteiger partial charge in [0.15, 0.2) is 0 Å². The summed E-state index contributed by atoms with van der Waals surface area (Å²) in [6.07, 6.45) is 2.97. The summed E-state index contributed by atoms with van der Waals surface area (Å²) in [4.78, 5) is 14.7. The quantitative estimate of drug-likeness (QED) is 0.922. The van der Waals surface area contributed by atoms with Crippen LogP contribution in [-0.4, -0.2) is 36.5 Å². The van der Waals surface area contributed by atoms with E-state index in [1.807, 2.05) is 12.1 Å². The lowest BCUT2D eigenvalue weighted by Gasteiger charge is -2.35. The standard InChI is InChI=1S/C17H23FN2O/c1-12(14-10-19-11-14)17(21)20-8-2-3-16(20)9-13-4-6-15(18)7-5-13/h4-7,12,14,16,19H,2-3,8-11H2,1H3. The first kappa shape index (κ1) is 14.5. The maximum atomic E-state index is 13.0. The highest BCUT2D eigenvalue weighted by molar-refractivity contribution is 5.79. The van der Waals surface area contributed by atoms with Crippen molar-refractivity contribution in [2.75, 3.05) is 19.6 Å². The van der Waals surface area contributed by atoms with Crippen molar-refractivity contribution in [3.63, 3.8) is 0 Å². The predicted molar refractivity (Wildman–Crippen MR) is 80.4 cm³/mol. The Morgan fingerprint density at radius 3 is 2.71 bits per heavy atom. The minimum atomic E-state index is -0.204. The zero-order valence-electron chi connectivity index (χ0n) is 12.5. The second-order valence-electron chi connectivity index (χ2n) is 6.37. The van der Waals surface area contributed by atoms with Crippen LogP contribution in [0.15, 0.2) is 24.3 Å². The largest absolute Gasteiger partial charge is 0.339 e. The summed E-state index contributed by atoms with van der Waals surface area (Å²) in [6.45, 7) is 4.85. The summed E-state index contributed by atoms with van der Waals surface area (Å²) in [5.41, 5.74) is 1.11. The molecule has 114 valence electrons. The van der Waals surface area contributed by atoms with Crippen molar-refractivity contribution in [2.45, 2.75) is 32.2 Å². The van der Waals surface area contributed by atoms with Crippen LogP contribution in [0.2, 0.25) is 0 Å². The molecule has 1 aromatic rings. The van der Waals surface area contributed by atoms with Crippen LogP contribution < -0.4 is 5.32 Å². The van der Waals surface area contributed by atoms with Crippen LogP contribution in [0.3, 0.4) is 0 Å². The molecule has 2 aliphatic rings. The Morgan fingerprint density at radius 2 is 2.10 bits per heavy atom. The molecule has 0 aliphatic carbocycles. The number of nitrogens with zero attached hydrogens (tertiary/aromatic N) is 1. The van der Waals surface area contributed by atoms with Gasteiger partial charge in [0.1, 0.15) is 5.82 Å². The van der Waals surface area contributed by atoms with Gasteiger partial charge in [0, 0.05) is 18.5 Å². The number of hydrogen-bond donors (Lipinski definition) is 1. The fourth-order valence-corrected chi connectivity index (χ4v) is 3.36. The summed E-state index contributed by atoms with van der Waals surface area (Å²) in [6, 6.07) is 6.93. The van der Waals surface area contributed by atoms with Crippen molar-refractivity contribution in [3.8, 4) is 0 Å². The van der Waals surface area contributed by atoms with Gasteiger partial charge in [-0.15, -0.1) is 0 Å². The monoisotopic (exact) mass is 290 g/mol. The van der Waals surface area contributed by atoms with Crippen LogP contribution in [0, 0.1) is 17.7 Å². The molecule has 0 aromatic heterocycles. The van der Waals surface area contributed by atoms with Crippen LogP contribution in [0.5, 0.6) is 0 Å². The van der Waals surface area contributed by atoms with E-state index in [1.165, 1.54) is 12.1 Å². The Bertz CT molecular complexity index is 498. The topological polar surface area (TPSA) is 32.3 Å². The van der Waals surface area contributed by atoms with Gasteiger partial charge in [-0.2, -0.15) is 0 Å². The van der Waals surface area contributed by atoms with Gasteiger partial charge in [-0.25, -0.2) is 4.39 Å². The highest BCUT2D eigenvalue weighted by Crippen LogP contribution is 2.26. The summed E-state index contributed by atoms with van der Waals surface area (Å²) < 4.78 is 13.0. The number of halogens is 1. The number of benzene rings is 1. The fourth-order valence-electron chi connectivity index (χ4n) is 3.36. The lowest BCUT2D eigenvalue weighted by molar-refractivity contribution is -0.138. The molecule has 4 heteroatoms. The van der Waals surface area contributed by atoms with Gasteiger partial charge in [0.05, 0.1) is 0 Å². The molecule has 0 saturated carbocycles. The van der Waals surface area contributed by atoms with Crippen molar-refractivity contribution in [3.05, 3.63) is 35.6 Å². The van der Waals surface area contributed by atoms with E-state index in [0.29, 0.717) is 11.8 Å². The van der Waals surface area contributed by atoms with Gasteiger partial charge in [-0.05, 0) is 56.0 Å². The van der Waals surface area contributed by atoms with E-state index >= 15 is 0 Å². The molecular formula is C17H23FN2O. The number of hydrogen-bond acceptors (Lipinski definition) is 2. The average molecular weight is 290 g/mol. The van der Waals surface area contributed by atoms with Gasteiger partial charge in [0.2, 0.25) is 5.91 Å². The zero-order valence-corrected chi connectivity index (χ0v) is 12.5. The second kappa shape index (κ2) is 6.14. The molecule has 2 unspecified atom stereocenters. The third-order valence-corrected chi connectivity index (χ3v) is 4.95. The molecule has 2 saturated heterocycles. The minimum Gasteiger partial charge on any atom is -0.339 e. The van der Waals surface area contributed by atoms with Gasteiger partial charge in [-0.1, -0.05) is 19.1 Å². The Hall–Kier alpha value is -1.42. The third-order valence-electron chi connectivity index (χ3n) is 4.95. The second-order valence-corrected chi connectivity index (χ2v) is 6.37. The van der Waals surface area contributed by atoms with Gasteiger partial charge < -0.3 is 10.2 Å². The number of carbonyl (C=O) groups excluding carboxylic acids is 1. The zero-order chi connectivity index (χ0) is 14.8. The SMILES string of the molecule is CC(C(=O)N1CCCC1Cc1ccc(F)cc1)C1CNC1. The molecule has 0 spiro atoms. The summed E-state index contributed by atoms with van der Waals surface area (Å²) in [5, 5.41) is 3.24. The van der Waals surface area contributed by atoms with E-state index in [9.17, 15) is 9.18 Å². The van der Waals surface area contributed by atoms with Crippen LogP contribution in [0.25, 0.3) is 0 Å². The molecule has 1 amide bonds. The Kier molecular flexibility index (Phi) is 4.24. The highest BCUT2D eigenvalue weighted by Gasteiger charge is 2.36. The van der Waals surface area contributed by atoms with E-state index < -0.39 is 0 Å². The maximum absolute atomic E-state index is 13.0. The lowest BCUT2D eigenvalue weighted by atomic mass is 9.87. The van der Waals surface area contributed by atoms with Crippen molar-refractivity contribution in [1.82, 2.24) is 10.2 Å². The molecule has 2 atom stereocenters. The Balaban J connectivity index is 1.64. The highest BCUT2D eigenvalue weighted by atomic mass is 19.1. The number of nitrogens with one attached hydrogen (secondary N) is 1. The van der Waals surface area contributed by atoms with Crippen LogP contribution in [0.4, 0.5) is 4.39 Å². The maximum Gasteiger partial charge on any atom is 0.226 e. The van der Waals surface area contributed by atoms with Crippen molar-refractivity contribution < 1.29 is 9.18 Å². The molecule has 3 nitrogen and oxygen atoms in total. The molecule has 0 bridgehead atoms. The van der Waals surface area contributed by atoms with Crippen molar-refractivity contribution in [1.29, 1.82) is 0 Å². The van der Waals surface area contributed by atoms with E-state index in [0.717, 1.165) is 44.5 Å². The Labute approximate surface area is 125 Å². The molecule has 2 aliphatic heterocycles. The molecule has 21 heavy (non-hydrogen) atoms. The first-order chi connectivity index (χ1) is 10.1. The lowest BCUT2D eigenvalue weighted by Crippen LogP contribution is -2.51. The molecule has 0 radical (unpaired) electrons. The first-order valence-corrected chi connectivity index (χ1v) is 7.91. The average Bonchev–Trinajstić information content (AvgIpc) is 2.86. The molecule has 2 fully saturated rings. The Morgan fingerprint density at radius 1 is 1.38 bits per heavy atom. The summed E-state index contributed by atoms with van der Waals surface area (Å²) in [7, 11) is 0. The fraction of sp³-hybridized carbons (Fsp3) is 0.588. The minimum absolute atomic E-state index is 0.111. The van der Waals surface area contributed by atoms with Crippen molar-refractivity contribution >= 4 is 5.91 Å². The van der Waals surface area contributed by atoms with Crippen LogP contribution in [-0.2, 0) is 11.2 Å². The molecular weight excluding hydrogens is 267 g/mol. The van der Waals surface area contributed by atoms with E-state index in [2.05, 4.69) is 17.1 Å². The molecule has 1 N–H and O–H groups in total. The molecule has 1 aromatic carbocycles. The number of likely N-dealkylation sites (tertiary alicyclic amines) is 1. The van der Waals surface area contributed by atoms with Gasteiger partial charge in [0.25, 0.3) is 0 Å². The predicted octanol–water partition coefficient (Wildman–Crippen LogP) is 2.21. The van der Waals surface area contributed by atoms with Crippen LogP contribution >= 0.6 is 0 Å². The summed E-state index contributed by atoms with van der Waals surface area (Å²) in [5.74, 6) is 0.694. The molecule has 2 heterocycles. The number of carbonyl (C=O) groups is 1. The first-order valence-electron chi connectivity index (χ1n) is 7.91. The summed E-state index contributed by atoms with van der Waals surface area (Å²) >= 11 is 0. The smallest absolute Gasteiger partial charge is 0.226 e.